The van der Waals surface area contributed by atoms with E-state index in [1.54, 1.807) is 11.8 Å². The van der Waals surface area contributed by atoms with Crippen LogP contribution in [0.1, 0.15) is 37.4 Å². The molecule has 6 heteroatoms. The van der Waals surface area contributed by atoms with Crippen LogP contribution in [0.5, 0.6) is 0 Å². The molecular weight excluding hydrogens is 322 g/mol. The zero-order chi connectivity index (χ0) is 17.2. The van der Waals surface area contributed by atoms with Crippen LogP contribution >= 0.6 is 11.3 Å². The lowest BCUT2D eigenvalue weighted by Crippen LogP contribution is -2.46. The molecule has 0 atom stereocenters. The molecule has 0 saturated heterocycles. The van der Waals surface area contributed by atoms with Crippen LogP contribution in [0.3, 0.4) is 0 Å². The highest BCUT2D eigenvalue weighted by Crippen LogP contribution is 2.31. The Morgan fingerprint density at radius 3 is 2.67 bits per heavy atom. The Labute approximate surface area is 146 Å². The SMILES string of the molecule is CC(=O)N(c1ccc(C)cc1)c1nc(CNCC2(O)CCC2)cs1. The summed E-state index contributed by atoms with van der Waals surface area (Å²) in [5, 5.41) is 16.0. The summed E-state index contributed by atoms with van der Waals surface area (Å²) < 4.78 is 0. The molecule has 1 fully saturated rings. The van der Waals surface area contributed by atoms with Crippen LogP contribution in [0.2, 0.25) is 0 Å². The van der Waals surface area contributed by atoms with Crippen molar-refractivity contribution in [2.45, 2.75) is 45.3 Å². The van der Waals surface area contributed by atoms with E-state index in [0.717, 1.165) is 36.2 Å². The number of carbonyl (C=O) groups is 1. The molecule has 1 amide bonds. The predicted octanol–water partition coefficient (Wildman–Crippen LogP) is 3.14. The number of carbonyl (C=O) groups excluding carboxylic acids is 1. The number of benzene rings is 1. The van der Waals surface area contributed by atoms with Crippen LogP contribution in [0.25, 0.3) is 0 Å². The first-order valence-corrected chi connectivity index (χ1v) is 9.10. The Morgan fingerprint density at radius 1 is 1.38 bits per heavy atom. The summed E-state index contributed by atoms with van der Waals surface area (Å²) in [5.41, 5.74) is 2.33. The zero-order valence-electron chi connectivity index (χ0n) is 14.1. The van der Waals surface area contributed by atoms with E-state index in [-0.39, 0.29) is 5.91 Å². The number of aromatic nitrogens is 1. The van der Waals surface area contributed by atoms with Gasteiger partial charge in [0, 0.05) is 25.4 Å². The van der Waals surface area contributed by atoms with Gasteiger partial charge in [-0.15, -0.1) is 11.3 Å². The fourth-order valence-electron chi connectivity index (χ4n) is 2.79. The number of anilines is 2. The number of nitrogens with zero attached hydrogens (tertiary/aromatic N) is 2. The average molecular weight is 345 g/mol. The zero-order valence-corrected chi connectivity index (χ0v) is 14.9. The van der Waals surface area contributed by atoms with Gasteiger partial charge in [0.2, 0.25) is 5.91 Å². The first-order valence-electron chi connectivity index (χ1n) is 8.22. The minimum Gasteiger partial charge on any atom is -0.389 e. The molecule has 5 nitrogen and oxygen atoms in total. The molecule has 2 aromatic rings. The van der Waals surface area contributed by atoms with E-state index in [0.29, 0.717) is 18.2 Å². The minimum absolute atomic E-state index is 0.0588. The van der Waals surface area contributed by atoms with Crippen molar-refractivity contribution in [1.29, 1.82) is 0 Å². The quantitative estimate of drug-likeness (QED) is 0.844. The number of aryl methyl sites for hydroxylation is 1. The van der Waals surface area contributed by atoms with Crippen LogP contribution in [0.15, 0.2) is 29.6 Å². The van der Waals surface area contributed by atoms with Crippen molar-refractivity contribution in [3.05, 3.63) is 40.9 Å². The summed E-state index contributed by atoms with van der Waals surface area (Å²) in [7, 11) is 0. The monoisotopic (exact) mass is 345 g/mol. The first kappa shape index (κ1) is 17.1. The molecule has 1 aliphatic rings. The van der Waals surface area contributed by atoms with Crippen molar-refractivity contribution in [2.75, 3.05) is 11.4 Å². The maximum absolute atomic E-state index is 12.1. The van der Waals surface area contributed by atoms with Crippen LogP contribution in [0, 0.1) is 6.92 Å². The number of hydrogen-bond donors (Lipinski definition) is 2. The molecule has 0 radical (unpaired) electrons. The van der Waals surface area contributed by atoms with Crippen LogP contribution in [-0.4, -0.2) is 28.1 Å². The van der Waals surface area contributed by atoms with E-state index in [4.69, 9.17) is 0 Å². The molecule has 3 rings (SSSR count). The van der Waals surface area contributed by atoms with Gasteiger partial charge in [0.25, 0.3) is 0 Å². The van der Waals surface area contributed by atoms with E-state index in [1.807, 2.05) is 36.6 Å². The lowest BCUT2D eigenvalue weighted by Gasteiger charge is -2.36. The topological polar surface area (TPSA) is 65.5 Å². The van der Waals surface area contributed by atoms with Crippen LogP contribution < -0.4 is 10.2 Å². The van der Waals surface area contributed by atoms with Gasteiger partial charge in [-0.25, -0.2) is 4.98 Å². The fourth-order valence-corrected chi connectivity index (χ4v) is 3.67. The fraction of sp³-hybridized carbons (Fsp3) is 0.444. The minimum atomic E-state index is -0.536. The third-order valence-electron chi connectivity index (χ3n) is 4.38. The number of rotatable bonds is 6. The molecule has 0 unspecified atom stereocenters. The van der Waals surface area contributed by atoms with E-state index in [2.05, 4.69) is 10.3 Å². The molecular formula is C18H23N3O2S. The smallest absolute Gasteiger partial charge is 0.230 e. The van der Waals surface area contributed by atoms with Crippen LogP contribution in [-0.2, 0) is 11.3 Å². The molecule has 0 spiro atoms. The molecule has 1 aliphatic carbocycles. The second-order valence-corrected chi connectivity index (χ2v) is 7.33. The van der Waals surface area contributed by atoms with Gasteiger partial charge in [0.1, 0.15) is 0 Å². The van der Waals surface area contributed by atoms with E-state index >= 15 is 0 Å². The van der Waals surface area contributed by atoms with Gasteiger partial charge >= 0.3 is 0 Å². The Balaban J connectivity index is 1.67. The number of nitrogens with one attached hydrogen (secondary N) is 1. The van der Waals surface area contributed by atoms with Crippen molar-refractivity contribution >= 4 is 28.1 Å². The highest BCUT2D eigenvalue weighted by atomic mass is 32.1. The number of thiazole rings is 1. The molecule has 1 heterocycles. The standard InChI is InChI=1S/C18H23N3O2S/c1-13-4-6-16(7-5-13)21(14(2)22)17-20-15(11-24-17)10-19-12-18(23)8-3-9-18/h4-7,11,19,23H,3,8-10,12H2,1-2H3. The van der Waals surface area contributed by atoms with Gasteiger partial charge in [-0.2, -0.15) is 0 Å². The number of amides is 1. The Kier molecular flexibility index (Phi) is 4.99. The van der Waals surface area contributed by atoms with Gasteiger partial charge < -0.3 is 10.4 Å². The lowest BCUT2D eigenvalue weighted by molar-refractivity contribution is -0.115. The molecule has 128 valence electrons. The van der Waals surface area contributed by atoms with Gasteiger partial charge in [0.15, 0.2) is 5.13 Å². The van der Waals surface area contributed by atoms with Crippen molar-refractivity contribution < 1.29 is 9.90 Å². The average Bonchev–Trinajstić information content (AvgIpc) is 2.96. The lowest BCUT2D eigenvalue weighted by atomic mass is 9.80. The Morgan fingerprint density at radius 2 is 2.08 bits per heavy atom. The van der Waals surface area contributed by atoms with Gasteiger partial charge in [-0.1, -0.05) is 17.7 Å². The summed E-state index contributed by atoms with van der Waals surface area (Å²) in [6.07, 6.45) is 2.84. The molecule has 1 saturated carbocycles. The maximum Gasteiger partial charge on any atom is 0.230 e. The summed E-state index contributed by atoms with van der Waals surface area (Å²) in [4.78, 5) is 18.3. The van der Waals surface area contributed by atoms with E-state index in [1.165, 1.54) is 11.3 Å². The molecule has 1 aromatic carbocycles. The third-order valence-corrected chi connectivity index (χ3v) is 5.26. The maximum atomic E-state index is 12.1. The van der Waals surface area contributed by atoms with Crippen molar-refractivity contribution in [3.8, 4) is 0 Å². The number of aliphatic hydroxyl groups is 1. The van der Waals surface area contributed by atoms with Crippen molar-refractivity contribution in [3.63, 3.8) is 0 Å². The highest BCUT2D eigenvalue weighted by Gasteiger charge is 2.33. The van der Waals surface area contributed by atoms with Crippen LogP contribution in [0.4, 0.5) is 10.8 Å². The van der Waals surface area contributed by atoms with Gasteiger partial charge in [0.05, 0.1) is 17.0 Å². The summed E-state index contributed by atoms with van der Waals surface area (Å²) >= 11 is 1.45. The number of hydrogen-bond acceptors (Lipinski definition) is 5. The van der Waals surface area contributed by atoms with Crippen molar-refractivity contribution in [1.82, 2.24) is 10.3 Å². The van der Waals surface area contributed by atoms with E-state index in [9.17, 15) is 9.90 Å². The predicted molar refractivity (Wildman–Crippen MR) is 96.6 cm³/mol. The van der Waals surface area contributed by atoms with Gasteiger partial charge in [-0.05, 0) is 38.3 Å². The molecule has 2 N–H and O–H groups in total. The van der Waals surface area contributed by atoms with Gasteiger partial charge in [-0.3, -0.25) is 9.69 Å². The highest BCUT2D eigenvalue weighted by molar-refractivity contribution is 7.14. The van der Waals surface area contributed by atoms with Crippen molar-refractivity contribution in [2.24, 2.45) is 0 Å². The normalized spacial score (nSPS) is 15.8. The summed E-state index contributed by atoms with van der Waals surface area (Å²) in [5.74, 6) is -0.0588. The second-order valence-electron chi connectivity index (χ2n) is 6.49. The molecule has 0 aliphatic heterocycles. The molecule has 24 heavy (non-hydrogen) atoms. The second kappa shape index (κ2) is 7.01. The first-order chi connectivity index (χ1) is 11.5. The Hall–Kier alpha value is -1.76. The summed E-state index contributed by atoms with van der Waals surface area (Å²) in [6, 6.07) is 7.84. The molecule has 1 aromatic heterocycles. The molecule has 0 bridgehead atoms. The van der Waals surface area contributed by atoms with E-state index < -0.39 is 5.60 Å². The Bertz CT molecular complexity index is 707. The third kappa shape index (κ3) is 3.83. The largest absolute Gasteiger partial charge is 0.389 e. The summed E-state index contributed by atoms with van der Waals surface area (Å²) in [6.45, 7) is 4.75.